The number of para-hydroxylation sites is 3. The fraction of sp³-hybridized carbons (Fsp3) is 0.0769. The second-order valence-electron chi connectivity index (χ2n) is 11.4. The molecule has 1 aromatic heterocycles. The lowest BCUT2D eigenvalue weighted by Gasteiger charge is -2.34. The third kappa shape index (κ3) is 3.64. The van der Waals surface area contributed by atoms with Crippen molar-refractivity contribution in [2.75, 3.05) is 0 Å². The summed E-state index contributed by atoms with van der Waals surface area (Å²) in [5.41, 5.74) is 10.7. The fourth-order valence-corrected chi connectivity index (χ4v) is 6.59. The van der Waals surface area contributed by atoms with E-state index >= 15 is 0 Å². The predicted octanol–water partition coefficient (Wildman–Crippen LogP) is 10.5. The highest BCUT2D eigenvalue weighted by Crippen LogP contribution is 2.49. The van der Waals surface area contributed by atoms with E-state index in [4.69, 9.17) is 4.74 Å². The molecule has 0 aliphatic carbocycles. The summed E-state index contributed by atoms with van der Waals surface area (Å²) in [6, 6.07) is 50.0. The highest BCUT2D eigenvalue weighted by molar-refractivity contribution is 6.10. The lowest BCUT2D eigenvalue weighted by molar-refractivity contribution is 0.418. The number of rotatable bonds is 3. The lowest BCUT2D eigenvalue weighted by atomic mass is 9.75. The molecule has 8 rings (SSSR count). The summed E-state index contributed by atoms with van der Waals surface area (Å²) >= 11 is 0. The minimum absolute atomic E-state index is 0.162. The predicted molar refractivity (Wildman–Crippen MR) is 170 cm³/mol. The SMILES string of the molecule is CC1(C)c2ccccc2Oc2ccc(-c3ccccc3-c3ccc4c5ccccc5n(-c5ccccc5)c4c3)cc21. The van der Waals surface area contributed by atoms with Gasteiger partial charge in [0, 0.05) is 33.0 Å². The molecule has 0 N–H and O–H groups in total. The molecule has 0 spiro atoms. The Kier molecular flexibility index (Phi) is 5.20. The molecule has 2 nitrogen and oxygen atoms in total. The van der Waals surface area contributed by atoms with Gasteiger partial charge >= 0.3 is 0 Å². The van der Waals surface area contributed by atoms with E-state index in [0.717, 1.165) is 11.5 Å². The maximum atomic E-state index is 6.35. The Morgan fingerprint density at radius 3 is 1.93 bits per heavy atom. The Morgan fingerprint density at radius 2 is 1.10 bits per heavy atom. The Morgan fingerprint density at radius 1 is 0.488 bits per heavy atom. The van der Waals surface area contributed by atoms with Gasteiger partial charge in [0.1, 0.15) is 11.5 Å². The largest absolute Gasteiger partial charge is 0.457 e. The van der Waals surface area contributed by atoms with Gasteiger partial charge in [-0.2, -0.15) is 0 Å². The highest BCUT2D eigenvalue weighted by atomic mass is 16.5. The molecule has 0 bridgehead atoms. The Bertz CT molecular complexity index is 2100. The van der Waals surface area contributed by atoms with Crippen molar-refractivity contribution in [1.29, 1.82) is 0 Å². The van der Waals surface area contributed by atoms with Crippen molar-refractivity contribution in [2.24, 2.45) is 0 Å². The van der Waals surface area contributed by atoms with Crippen LogP contribution in [0.4, 0.5) is 0 Å². The number of aromatic nitrogens is 1. The van der Waals surface area contributed by atoms with Crippen molar-refractivity contribution >= 4 is 21.8 Å². The molecule has 0 radical (unpaired) electrons. The maximum absolute atomic E-state index is 6.35. The molecule has 0 atom stereocenters. The first kappa shape index (κ1) is 23.8. The standard InChI is InChI=1S/C39H29NO/c1-39(2)33-17-9-11-19-37(33)41-38-23-21-26(24-34(38)39)29-14-6-7-15-30(29)27-20-22-32-31-16-8-10-18-35(31)40(36(32)25-27)28-12-4-3-5-13-28/h3-25H,1-2H3. The van der Waals surface area contributed by atoms with Crippen LogP contribution in [-0.4, -0.2) is 4.57 Å². The zero-order valence-electron chi connectivity index (χ0n) is 23.1. The molecule has 196 valence electrons. The zero-order valence-corrected chi connectivity index (χ0v) is 23.1. The van der Waals surface area contributed by atoms with Crippen molar-refractivity contribution < 1.29 is 4.74 Å². The van der Waals surface area contributed by atoms with Crippen molar-refractivity contribution in [3.05, 3.63) is 151 Å². The van der Waals surface area contributed by atoms with Crippen LogP contribution in [0.5, 0.6) is 11.5 Å². The van der Waals surface area contributed by atoms with Crippen molar-refractivity contribution in [1.82, 2.24) is 4.57 Å². The summed E-state index contributed by atoms with van der Waals surface area (Å²) in [5.74, 6) is 1.88. The third-order valence-electron chi connectivity index (χ3n) is 8.67. The number of nitrogens with zero attached hydrogens (tertiary/aromatic N) is 1. The Labute approximate surface area is 240 Å². The van der Waals surface area contributed by atoms with E-state index in [2.05, 4.69) is 152 Å². The van der Waals surface area contributed by atoms with E-state index in [1.807, 2.05) is 6.07 Å². The first-order valence-electron chi connectivity index (χ1n) is 14.2. The third-order valence-corrected chi connectivity index (χ3v) is 8.67. The molecule has 1 aliphatic rings. The fourth-order valence-electron chi connectivity index (χ4n) is 6.59. The van der Waals surface area contributed by atoms with Gasteiger partial charge in [0.2, 0.25) is 0 Å². The molecule has 0 fully saturated rings. The first-order chi connectivity index (χ1) is 20.1. The number of hydrogen-bond donors (Lipinski definition) is 0. The summed E-state index contributed by atoms with van der Waals surface area (Å²) in [4.78, 5) is 0. The van der Waals surface area contributed by atoms with Crippen LogP contribution in [0.15, 0.2) is 140 Å². The molecule has 0 saturated heterocycles. The van der Waals surface area contributed by atoms with Gasteiger partial charge < -0.3 is 9.30 Å². The van der Waals surface area contributed by atoms with Crippen LogP contribution in [0.2, 0.25) is 0 Å². The van der Waals surface area contributed by atoms with E-state index in [1.54, 1.807) is 0 Å². The van der Waals surface area contributed by atoms with Crippen LogP contribution in [0, 0.1) is 0 Å². The van der Waals surface area contributed by atoms with Crippen molar-refractivity contribution in [3.63, 3.8) is 0 Å². The Hall–Kier alpha value is -5.08. The molecule has 0 amide bonds. The van der Waals surface area contributed by atoms with Gasteiger partial charge in [-0.1, -0.05) is 111 Å². The van der Waals surface area contributed by atoms with E-state index in [1.165, 1.54) is 60.9 Å². The van der Waals surface area contributed by atoms with Gasteiger partial charge in [-0.15, -0.1) is 0 Å². The van der Waals surface area contributed by atoms with E-state index in [-0.39, 0.29) is 5.41 Å². The maximum Gasteiger partial charge on any atom is 0.131 e. The lowest BCUT2D eigenvalue weighted by Crippen LogP contribution is -2.24. The average molecular weight is 528 g/mol. The number of ether oxygens (including phenoxy) is 1. The van der Waals surface area contributed by atoms with Crippen molar-refractivity contribution in [3.8, 4) is 39.4 Å². The normalized spacial score (nSPS) is 13.5. The molecule has 1 aliphatic heterocycles. The van der Waals surface area contributed by atoms with Gasteiger partial charge in [-0.25, -0.2) is 0 Å². The molecular formula is C39H29NO. The monoisotopic (exact) mass is 527 g/mol. The first-order valence-corrected chi connectivity index (χ1v) is 14.2. The molecular weight excluding hydrogens is 498 g/mol. The summed E-state index contributed by atoms with van der Waals surface area (Å²) in [6.45, 7) is 4.58. The van der Waals surface area contributed by atoms with Crippen LogP contribution < -0.4 is 4.74 Å². The minimum Gasteiger partial charge on any atom is -0.457 e. The van der Waals surface area contributed by atoms with Crippen LogP contribution in [-0.2, 0) is 5.41 Å². The molecule has 2 heterocycles. The summed E-state index contributed by atoms with van der Waals surface area (Å²) in [5, 5.41) is 2.53. The molecule has 2 heteroatoms. The van der Waals surface area contributed by atoms with Gasteiger partial charge in [-0.05, 0) is 64.7 Å². The summed E-state index contributed by atoms with van der Waals surface area (Å²) in [7, 11) is 0. The number of benzene rings is 6. The smallest absolute Gasteiger partial charge is 0.131 e. The van der Waals surface area contributed by atoms with Crippen molar-refractivity contribution in [2.45, 2.75) is 19.3 Å². The average Bonchev–Trinajstić information content (AvgIpc) is 3.35. The molecule has 41 heavy (non-hydrogen) atoms. The van der Waals surface area contributed by atoms with E-state index in [0.29, 0.717) is 0 Å². The van der Waals surface area contributed by atoms with E-state index < -0.39 is 0 Å². The molecule has 6 aromatic carbocycles. The minimum atomic E-state index is -0.162. The zero-order chi connectivity index (χ0) is 27.6. The summed E-state index contributed by atoms with van der Waals surface area (Å²) in [6.07, 6.45) is 0. The van der Waals surface area contributed by atoms with Crippen LogP contribution in [0.1, 0.15) is 25.0 Å². The second kappa shape index (κ2) is 8.97. The van der Waals surface area contributed by atoms with Crippen LogP contribution >= 0.6 is 0 Å². The van der Waals surface area contributed by atoms with Gasteiger partial charge in [0.15, 0.2) is 0 Å². The van der Waals surface area contributed by atoms with E-state index in [9.17, 15) is 0 Å². The quantitative estimate of drug-likeness (QED) is 0.223. The highest BCUT2D eigenvalue weighted by Gasteiger charge is 2.34. The molecule has 0 unspecified atom stereocenters. The number of hydrogen-bond acceptors (Lipinski definition) is 1. The summed E-state index contributed by atoms with van der Waals surface area (Å²) < 4.78 is 8.73. The van der Waals surface area contributed by atoms with Crippen LogP contribution in [0.3, 0.4) is 0 Å². The van der Waals surface area contributed by atoms with Gasteiger partial charge in [-0.3, -0.25) is 0 Å². The number of fused-ring (bicyclic) bond motifs is 5. The topological polar surface area (TPSA) is 14.2 Å². The second-order valence-corrected chi connectivity index (χ2v) is 11.4. The van der Waals surface area contributed by atoms with Gasteiger partial charge in [0.05, 0.1) is 11.0 Å². The Balaban J connectivity index is 1.31. The molecule has 7 aromatic rings. The van der Waals surface area contributed by atoms with Gasteiger partial charge in [0.25, 0.3) is 0 Å². The van der Waals surface area contributed by atoms with Crippen LogP contribution in [0.25, 0.3) is 49.7 Å². The molecule has 0 saturated carbocycles.